The minimum Gasteiger partial charge on any atom is -0.480 e. The van der Waals surface area contributed by atoms with Crippen LogP contribution >= 0.6 is 27.5 Å². The number of benzene rings is 1. The fourth-order valence-electron chi connectivity index (χ4n) is 1.15. The maximum atomic E-state index is 10.8. The van der Waals surface area contributed by atoms with E-state index in [0.717, 1.165) is 4.47 Å². The fourth-order valence-corrected chi connectivity index (χ4v) is 1.93. The van der Waals surface area contributed by atoms with Gasteiger partial charge in [0.05, 0.1) is 0 Å². The monoisotopic (exact) mass is 277 g/mol. The van der Waals surface area contributed by atoms with Gasteiger partial charge in [0.1, 0.15) is 6.04 Å². The third-order valence-electron chi connectivity index (χ3n) is 1.81. The van der Waals surface area contributed by atoms with Crippen molar-refractivity contribution in [3.8, 4) is 0 Å². The lowest BCUT2D eigenvalue weighted by Gasteiger charge is -2.13. The number of rotatable bonds is 3. The highest BCUT2D eigenvalue weighted by molar-refractivity contribution is 9.10. The number of carbonyl (C=O) groups is 1. The first-order chi connectivity index (χ1) is 6.56. The first-order valence-corrected chi connectivity index (χ1v) is 5.08. The molecule has 0 heterocycles. The first kappa shape index (κ1) is 11.5. The van der Waals surface area contributed by atoms with Gasteiger partial charge >= 0.3 is 5.97 Å². The van der Waals surface area contributed by atoms with E-state index in [-0.39, 0.29) is 0 Å². The van der Waals surface area contributed by atoms with Gasteiger partial charge in [-0.05, 0) is 24.7 Å². The summed E-state index contributed by atoms with van der Waals surface area (Å²) in [5, 5.41) is 12.0. The summed E-state index contributed by atoms with van der Waals surface area (Å²) in [7, 11) is 1.58. The SMILES string of the molecule is CNC(C(=O)O)c1ccc(Br)cc1Cl. The van der Waals surface area contributed by atoms with Crippen molar-refractivity contribution in [2.45, 2.75) is 6.04 Å². The fraction of sp³-hybridized carbons (Fsp3) is 0.222. The zero-order chi connectivity index (χ0) is 10.7. The van der Waals surface area contributed by atoms with Gasteiger partial charge in [-0.15, -0.1) is 0 Å². The van der Waals surface area contributed by atoms with Crippen LogP contribution in [0.2, 0.25) is 5.02 Å². The molecule has 1 unspecified atom stereocenters. The second-order valence-electron chi connectivity index (χ2n) is 2.73. The van der Waals surface area contributed by atoms with Crippen LogP contribution < -0.4 is 5.32 Å². The van der Waals surface area contributed by atoms with E-state index in [1.165, 1.54) is 0 Å². The summed E-state index contributed by atoms with van der Waals surface area (Å²) >= 11 is 9.17. The van der Waals surface area contributed by atoms with Crippen molar-refractivity contribution in [3.63, 3.8) is 0 Å². The lowest BCUT2D eigenvalue weighted by Crippen LogP contribution is -2.25. The van der Waals surface area contributed by atoms with E-state index in [1.54, 1.807) is 25.2 Å². The Morgan fingerprint density at radius 3 is 2.71 bits per heavy atom. The van der Waals surface area contributed by atoms with Gasteiger partial charge in [-0.2, -0.15) is 0 Å². The van der Waals surface area contributed by atoms with E-state index in [0.29, 0.717) is 10.6 Å². The number of carboxylic acids is 1. The van der Waals surface area contributed by atoms with Gasteiger partial charge in [-0.25, -0.2) is 0 Å². The summed E-state index contributed by atoms with van der Waals surface area (Å²) in [6, 6.07) is 4.34. The van der Waals surface area contributed by atoms with Crippen LogP contribution in [0.5, 0.6) is 0 Å². The van der Waals surface area contributed by atoms with Crippen molar-refractivity contribution in [1.29, 1.82) is 0 Å². The topological polar surface area (TPSA) is 49.3 Å². The summed E-state index contributed by atoms with van der Waals surface area (Å²) in [4.78, 5) is 10.8. The summed E-state index contributed by atoms with van der Waals surface area (Å²) in [5.41, 5.74) is 0.560. The van der Waals surface area contributed by atoms with Crippen molar-refractivity contribution in [2.75, 3.05) is 7.05 Å². The summed E-state index contributed by atoms with van der Waals surface area (Å²) in [6.45, 7) is 0. The molecule has 0 amide bonds. The third kappa shape index (κ3) is 2.47. The Kier molecular flexibility index (Phi) is 3.92. The van der Waals surface area contributed by atoms with Crippen LogP contribution in [-0.2, 0) is 4.79 Å². The molecule has 0 fully saturated rings. The van der Waals surface area contributed by atoms with E-state index in [2.05, 4.69) is 21.2 Å². The molecular formula is C9H9BrClNO2. The van der Waals surface area contributed by atoms with Gasteiger partial charge in [0.25, 0.3) is 0 Å². The summed E-state index contributed by atoms with van der Waals surface area (Å²) in [5.74, 6) is -0.947. The normalized spacial score (nSPS) is 12.5. The first-order valence-electron chi connectivity index (χ1n) is 3.91. The summed E-state index contributed by atoms with van der Waals surface area (Å²) < 4.78 is 0.825. The standard InChI is InChI=1S/C9H9BrClNO2/c1-12-8(9(13)14)6-3-2-5(10)4-7(6)11/h2-4,8,12H,1H3,(H,13,14). The maximum absolute atomic E-state index is 10.8. The largest absolute Gasteiger partial charge is 0.480 e. The molecule has 0 aliphatic carbocycles. The van der Waals surface area contributed by atoms with Crippen molar-refractivity contribution in [2.24, 2.45) is 0 Å². The van der Waals surface area contributed by atoms with Crippen LogP contribution in [0.1, 0.15) is 11.6 Å². The van der Waals surface area contributed by atoms with Gasteiger partial charge in [0.15, 0.2) is 0 Å². The number of aliphatic carboxylic acids is 1. The molecule has 14 heavy (non-hydrogen) atoms. The lowest BCUT2D eigenvalue weighted by atomic mass is 10.1. The molecular weight excluding hydrogens is 269 g/mol. The molecule has 0 radical (unpaired) electrons. The van der Waals surface area contributed by atoms with Gasteiger partial charge < -0.3 is 10.4 Å². The highest BCUT2D eigenvalue weighted by Crippen LogP contribution is 2.26. The Hall–Kier alpha value is -0.580. The molecule has 1 aromatic rings. The molecule has 3 nitrogen and oxygen atoms in total. The minimum absolute atomic E-state index is 0.432. The number of halogens is 2. The molecule has 2 N–H and O–H groups in total. The molecule has 0 spiro atoms. The average Bonchev–Trinajstić information content (AvgIpc) is 2.09. The Morgan fingerprint density at radius 1 is 1.64 bits per heavy atom. The number of nitrogens with one attached hydrogen (secondary N) is 1. The van der Waals surface area contributed by atoms with Crippen molar-refractivity contribution in [3.05, 3.63) is 33.3 Å². The Morgan fingerprint density at radius 2 is 2.29 bits per heavy atom. The van der Waals surface area contributed by atoms with Gasteiger partial charge in [0, 0.05) is 9.50 Å². The quantitative estimate of drug-likeness (QED) is 0.893. The molecule has 0 aliphatic rings. The second kappa shape index (κ2) is 4.77. The van der Waals surface area contributed by atoms with Gasteiger partial charge in [-0.1, -0.05) is 33.6 Å². The highest BCUT2D eigenvalue weighted by atomic mass is 79.9. The van der Waals surface area contributed by atoms with Crippen LogP contribution in [0.25, 0.3) is 0 Å². The summed E-state index contributed by atoms with van der Waals surface area (Å²) in [6.07, 6.45) is 0. The van der Waals surface area contributed by atoms with Crippen LogP contribution in [-0.4, -0.2) is 18.1 Å². The highest BCUT2D eigenvalue weighted by Gasteiger charge is 2.19. The average molecular weight is 279 g/mol. The van der Waals surface area contributed by atoms with Gasteiger partial charge in [-0.3, -0.25) is 4.79 Å². The maximum Gasteiger partial charge on any atom is 0.325 e. The van der Waals surface area contributed by atoms with Crippen molar-refractivity contribution < 1.29 is 9.90 Å². The number of carboxylic acid groups (broad SMARTS) is 1. The molecule has 0 bridgehead atoms. The van der Waals surface area contributed by atoms with E-state index in [9.17, 15) is 4.79 Å². The molecule has 0 aliphatic heterocycles. The van der Waals surface area contributed by atoms with E-state index in [4.69, 9.17) is 16.7 Å². The van der Waals surface area contributed by atoms with Crippen LogP contribution in [0, 0.1) is 0 Å². The molecule has 76 valence electrons. The zero-order valence-corrected chi connectivity index (χ0v) is 9.76. The lowest BCUT2D eigenvalue weighted by molar-refractivity contribution is -0.139. The molecule has 1 rings (SSSR count). The molecule has 0 aromatic heterocycles. The predicted molar refractivity (Wildman–Crippen MR) is 58.6 cm³/mol. The van der Waals surface area contributed by atoms with E-state index in [1.807, 2.05) is 0 Å². The number of likely N-dealkylation sites (N-methyl/N-ethyl adjacent to an activating group) is 1. The smallest absolute Gasteiger partial charge is 0.325 e. The minimum atomic E-state index is -0.947. The molecule has 5 heteroatoms. The molecule has 0 saturated carbocycles. The molecule has 1 aromatic carbocycles. The van der Waals surface area contributed by atoms with Crippen molar-refractivity contribution >= 4 is 33.5 Å². The second-order valence-corrected chi connectivity index (χ2v) is 4.05. The van der Waals surface area contributed by atoms with Crippen molar-refractivity contribution in [1.82, 2.24) is 5.32 Å². The van der Waals surface area contributed by atoms with Crippen LogP contribution in [0.15, 0.2) is 22.7 Å². The van der Waals surface area contributed by atoms with Gasteiger partial charge in [0.2, 0.25) is 0 Å². The Balaban J connectivity index is 3.10. The van der Waals surface area contributed by atoms with Crippen LogP contribution in [0.4, 0.5) is 0 Å². The molecule has 1 atom stereocenters. The number of hydrogen-bond acceptors (Lipinski definition) is 2. The Bertz CT molecular complexity index is 357. The third-order valence-corrected chi connectivity index (χ3v) is 2.63. The number of hydrogen-bond donors (Lipinski definition) is 2. The van der Waals surface area contributed by atoms with E-state index < -0.39 is 12.0 Å². The zero-order valence-electron chi connectivity index (χ0n) is 7.42. The predicted octanol–water partition coefficient (Wildman–Crippen LogP) is 2.45. The van der Waals surface area contributed by atoms with Crippen LogP contribution in [0.3, 0.4) is 0 Å². The Labute approximate surface area is 95.2 Å². The molecule has 0 saturated heterocycles. The van der Waals surface area contributed by atoms with E-state index >= 15 is 0 Å².